The normalized spacial score (nSPS) is 12.7. The molecule has 1 heterocycles. The molecule has 23 heavy (non-hydrogen) atoms. The molecule has 1 N–H and O–H groups in total. The summed E-state index contributed by atoms with van der Waals surface area (Å²) in [4.78, 5) is 14.2. The van der Waals surface area contributed by atoms with Crippen LogP contribution >= 0.6 is 0 Å². The zero-order valence-electron chi connectivity index (χ0n) is 14.0. The Hall–Kier alpha value is -2.21. The average molecular weight is 318 g/mol. The molecular weight excluding hydrogens is 295 g/mol. The first-order chi connectivity index (χ1) is 10.9. The number of nitrogens with one attached hydrogen (secondary N) is 1. The van der Waals surface area contributed by atoms with E-state index in [9.17, 15) is 9.18 Å². The molecule has 0 aliphatic rings. The smallest absolute Gasteiger partial charge is 0.242 e. The Morgan fingerprint density at radius 1 is 1.35 bits per heavy atom. The van der Waals surface area contributed by atoms with Crippen LogP contribution in [0.3, 0.4) is 0 Å². The van der Waals surface area contributed by atoms with Gasteiger partial charge >= 0.3 is 0 Å². The highest BCUT2D eigenvalue weighted by atomic mass is 19.1. The first kappa shape index (κ1) is 17.1. The fraction of sp³-hybridized carbons (Fsp3) is 0.412. The third-order valence-corrected chi connectivity index (χ3v) is 3.62. The van der Waals surface area contributed by atoms with E-state index in [0.717, 1.165) is 5.56 Å². The molecule has 0 radical (unpaired) electrons. The number of amides is 1. The summed E-state index contributed by atoms with van der Waals surface area (Å²) < 4.78 is 15.8. The van der Waals surface area contributed by atoms with E-state index in [-0.39, 0.29) is 17.8 Å². The molecule has 1 aromatic carbocycles. The van der Waals surface area contributed by atoms with Crippen LogP contribution in [0.25, 0.3) is 0 Å². The number of carbonyl (C=O) groups excluding carboxylic acids is 1. The minimum absolute atomic E-state index is 0.239. The van der Waals surface area contributed by atoms with Gasteiger partial charge in [-0.05, 0) is 34.0 Å². The molecule has 2 rings (SSSR count). The summed E-state index contributed by atoms with van der Waals surface area (Å²) in [6.07, 6.45) is 3.63. The van der Waals surface area contributed by atoms with E-state index in [1.54, 1.807) is 43.4 Å². The zero-order chi connectivity index (χ0) is 17.0. The number of halogens is 1. The summed E-state index contributed by atoms with van der Waals surface area (Å²) in [6.45, 7) is 4.44. The van der Waals surface area contributed by atoms with Crippen molar-refractivity contribution in [1.82, 2.24) is 20.0 Å². The predicted octanol–water partition coefficient (Wildman–Crippen LogP) is 2.52. The van der Waals surface area contributed by atoms with Gasteiger partial charge < -0.3 is 5.32 Å². The molecule has 0 aliphatic carbocycles. The Morgan fingerprint density at radius 2 is 2.04 bits per heavy atom. The van der Waals surface area contributed by atoms with Crippen molar-refractivity contribution in [1.29, 1.82) is 0 Å². The standard InChI is InChI=1S/C17H23FN4O/c1-12(2)22-11-13(10-20-22)9-19-17(23)16(21(3)4)14-7-5-6-8-15(14)18/h5-8,10-12,16H,9H2,1-4H3,(H,19,23)/t16-/m1/s1. The maximum absolute atomic E-state index is 14.0. The van der Waals surface area contributed by atoms with Crippen molar-refractivity contribution >= 4 is 5.91 Å². The molecule has 1 amide bonds. The highest BCUT2D eigenvalue weighted by Crippen LogP contribution is 2.21. The summed E-state index contributed by atoms with van der Waals surface area (Å²) >= 11 is 0. The molecule has 5 nitrogen and oxygen atoms in total. The van der Waals surface area contributed by atoms with Gasteiger partial charge in [-0.15, -0.1) is 0 Å². The van der Waals surface area contributed by atoms with Crippen molar-refractivity contribution in [2.75, 3.05) is 14.1 Å². The summed E-state index contributed by atoms with van der Waals surface area (Å²) in [6, 6.07) is 5.95. The average Bonchev–Trinajstić information content (AvgIpc) is 2.96. The zero-order valence-corrected chi connectivity index (χ0v) is 14.0. The fourth-order valence-corrected chi connectivity index (χ4v) is 2.39. The van der Waals surface area contributed by atoms with E-state index in [1.165, 1.54) is 6.07 Å². The predicted molar refractivity (Wildman–Crippen MR) is 87.3 cm³/mol. The SMILES string of the molecule is CC(C)n1cc(CNC(=O)[C@@H](c2ccccc2F)N(C)C)cn1. The van der Waals surface area contributed by atoms with E-state index in [0.29, 0.717) is 12.1 Å². The van der Waals surface area contributed by atoms with Crippen LogP contribution in [0.5, 0.6) is 0 Å². The number of likely N-dealkylation sites (N-methyl/N-ethyl adjacent to an activating group) is 1. The first-order valence-electron chi connectivity index (χ1n) is 7.61. The number of rotatable bonds is 6. The van der Waals surface area contributed by atoms with Gasteiger partial charge in [0.25, 0.3) is 0 Å². The first-order valence-corrected chi connectivity index (χ1v) is 7.61. The van der Waals surface area contributed by atoms with Crippen LogP contribution in [0.2, 0.25) is 0 Å². The number of aromatic nitrogens is 2. The highest BCUT2D eigenvalue weighted by molar-refractivity contribution is 5.83. The molecule has 0 bridgehead atoms. The summed E-state index contributed by atoms with van der Waals surface area (Å²) in [5, 5.41) is 7.10. The Labute approximate surface area is 136 Å². The van der Waals surface area contributed by atoms with Crippen LogP contribution in [0.15, 0.2) is 36.7 Å². The van der Waals surface area contributed by atoms with Crippen LogP contribution in [0.4, 0.5) is 4.39 Å². The Kier molecular flexibility index (Phi) is 5.50. The van der Waals surface area contributed by atoms with Gasteiger partial charge in [0.2, 0.25) is 5.91 Å². The molecule has 0 saturated heterocycles. The third-order valence-electron chi connectivity index (χ3n) is 3.62. The summed E-state index contributed by atoms with van der Waals surface area (Å²) in [7, 11) is 3.51. The van der Waals surface area contributed by atoms with Crippen molar-refractivity contribution < 1.29 is 9.18 Å². The largest absolute Gasteiger partial charge is 0.350 e. The molecule has 0 fully saturated rings. The lowest BCUT2D eigenvalue weighted by Crippen LogP contribution is -2.37. The number of carbonyl (C=O) groups is 1. The van der Waals surface area contributed by atoms with Crippen LogP contribution in [-0.4, -0.2) is 34.7 Å². The topological polar surface area (TPSA) is 50.2 Å². The molecule has 0 spiro atoms. The molecule has 0 aliphatic heterocycles. The van der Waals surface area contributed by atoms with Crippen LogP contribution < -0.4 is 5.32 Å². The summed E-state index contributed by atoms with van der Waals surface area (Å²) in [5.74, 6) is -0.619. The van der Waals surface area contributed by atoms with Gasteiger partial charge in [-0.1, -0.05) is 18.2 Å². The van der Waals surface area contributed by atoms with E-state index in [2.05, 4.69) is 10.4 Å². The fourth-order valence-electron chi connectivity index (χ4n) is 2.39. The molecule has 0 unspecified atom stereocenters. The lowest BCUT2D eigenvalue weighted by Gasteiger charge is -2.24. The van der Waals surface area contributed by atoms with Gasteiger partial charge in [0.05, 0.1) is 6.20 Å². The quantitative estimate of drug-likeness (QED) is 0.890. The third kappa shape index (κ3) is 4.16. The van der Waals surface area contributed by atoms with E-state index in [1.807, 2.05) is 24.7 Å². The Bertz CT molecular complexity index is 666. The molecule has 124 valence electrons. The molecule has 2 aromatic rings. The molecule has 1 atom stereocenters. The minimum atomic E-state index is -0.670. The minimum Gasteiger partial charge on any atom is -0.350 e. The van der Waals surface area contributed by atoms with Gasteiger partial charge in [-0.3, -0.25) is 14.4 Å². The second kappa shape index (κ2) is 7.37. The van der Waals surface area contributed by atoms with Crippen molar-refractivity contribution in [3.8, 4) is 0 Å². The molecule has 1 aromatic heterocycles. The number of hydrogen-bond acceptors (Lipinski definition) is 3. The van der Waals surface area contributed by atoms with Crippen molar-refractivity contribution in [2.24, 2.45) is 0 Å². The van der Waals surface area contributed by atoms with Gasteiger partial charge in [0.1, 0.15) is 11.9 Å². The van der Waals surface area contributed by atoms with Gasteiger partial charge in [-0.2, -0.15) is 5.10 Å². The van der Waals surface area contributed by atoms with E-state index < -0.39 is 6.04 Å². The summed E-state index contributed by atoms with van der Waals surface area (Å²) in [5.41, 5.74) is 1.28. The van der Waals surface area contributed by atoms with Gasteiger partial charge in [0, 0.05) is 29.9 Å². The van der Waals surface area contributed by atoms with E-state index in [4.69, 9.17) is 0 Å². The van der Waals surface area contributed by atoms with Crippen molar-refractivity contribution in [3.05, 3.63) is 53.6 Å². The van der Waals surface area contributed by atoms with Crippen molar-refractivity contribution in [2.45, 2.75) is 32.5 Å². The molecule has 0 saturated carbocycles. The number of nitrogens with zero attached hydrogens (tertiary/aromatic N) is 3. The van der Waals surface area contributed by atoms with Crippen LogP contribution in [-0.2, 0) is 11.3 Å². The molecule has 6 heteroatoms. The number of benzene rings is 1. The van der Waals surface area contributed by atoms with Crippen molar-refractivity contribution in [3.63, 3.8) is 0 Å². The lowest BCUT2D eigenvalue weighted by molar-refractivity contribution is -0.126. The van der Waals surface area contributed by atoms with Crippen LogP contribution in [0.1, 0.15) is 37.1 Å². The Morgan fingerprint density at radius 3 is 2.61 bits per heavy atom. The van der Waals surface area contributed by atoms with Crippen LogP contribution in [0, 0.1) is 5.82 Å². The van der Waals surface area contributed by atoms with E-state index >= 15 is 0 Å². The highest BCUT2D eigenvalue weighted by Gasteiger charge is 2.25. The second-order valence-electron chi connectivity index (χ2n) is 6.03. The Balaban J connectivity index is 2.08. The maximum atomic E-state index is 14.0. The van der Waals surface area contributed by atoms with Gasteiger partial charge in [-0.25, -0.2) is 4.39 Å². The monoisotopic (exact) mass is 318 g/mol. The lowest BCUT2D eigenvalue weighted by atomic mass is 10.0. The molecular formula is C17H23FN4O. The number of hydrogen-bond donors (Lipinski definition) is 1. The maximum Gasteiger partial charge on any atom is 0.242 e. The second-order valence-corrected chi connectivity index (χ2v) is 6.03. The van der Waals surface area contributed by atoms with Gasteiger partial charge in [0.15, 0.2) is 0 Å².